The first-order valence-electron chi connectivity index (χ1n) is 6.89. The lowest BCUT2D eigenvalue weighted by Gasteiger charge is -2.14. The maximum absolute atomic E-state index is 13.8. The zero-order chi connectivity index (χ0) is 16.4. The minimum absolute atomic E-state index is 0.196. The van der Waals surface area contributed by atoms with Crippen molar-refractivity contribution in [2.45, 2.75) is 6.54 Å². The van der Waals surface area contributed by atoms with E-state index in [2.05, 4.69) is 15.9 Å². The van der Waals surface area contributed by atoms with Gasteiger partial charge in [-0.25, -0.2) is 4.39 Å². The summed E-state index contributed by atoms with van der Waals surface area (Å²) in [7, 11) is 1.71. The normalized spacial score (nSPS) is 10.7. The highest BCUT2D eigenvalue weighted by Gasteiger charge is 2.18. The number of thiophene rings is 1. The smallest absolute Gasteiger partial charge is 0.289 e. The fourth-order valence-corrected chi connectivity index (χ4v) is 3.73. The van der Waals surface area contributed by atoms with Gasteiger partial charge < -0.3 is 9.32 Å². The summed E-state index contributed by atoms with van der Waals surface area (Å²) in [6, 6.07) is 13.4. The van der Waals surface area contributed by atoms with Crippen LogP contribution in [0.15, 0.2) is 56.7 Å². The molecular formula is C17H13BrFNO2S. The molecule has 3 rings (SSSR count). The van der Waals surface area contributed by atoms with E-state index in [0.29, 0.717) is 17.9 Å². The van der Waals surface area contributed by atoms with Crippen LogP contribution in [0.3, 0.4) is 0 Å². The van der Waals surface area contributed by atoms with E-state index in [0.717, 1.165) is 8.66 Å². The van der Waals surface area contributed by atoms with Gasteiger partial charge in [0.05, 0.1) is 15.9 Å². The number of halogens is 2. The first kappa shape index (κ1) is 16.0. The molecule has 0 radical (unpaired) electrons. The predicted octanol–water partition coefficient (Wildman–Crippen LogP) is 5.18. The lowest BCUT2D eigenvalue weighted by molar-refractivity contribution is 0.0755. The molecule has 0 atom stereocenters. The molecule has 3 aromatic rings. The number of hydrogen-bond donors (Lipinski definition) is 0. The Morgan fingerprint density at radius 3 is 2.70 bits per heavy atom. The van der Waals surface area contributed by atoms with E-state index in [4.69, 9.17) is 4.42 Å². The van der Waals surface area contributed by atoms with E-state index < -0.39 is 0 Å². The molecule has 0 aliphatic carbocycles. The SMILES string of the molecule is CN(Cc1ccc(Br)s1)C(=O)c1ccc(-c2ccccc2F)o1. The minimum Gasteiger partial charge on any atom is -0.451 e. The summed E-state index contributed by atoms with van der Waals surface area (Å²) in [5.41, 5.74) is 0.344. The van der Waals surface area contributed by atoms with Crippen molar-refractivity contribution in [3.63, 3.8) is 0 Å². The van der Waals surface area contributed by atoms with Gasteiger partial charge in [-0.1, -0.05) is 12.1 Å². The molecule has 0 fully saturated rings. The Balaban J connectivity index is 1.77. The molecule has 0 bridgehead atoms. The van der Waals surface area contributed by atoms with Gasteiger partial charge in [0.2, 0.25) is 0 Å². The van der Waals surface area contributed by atoms with Crippen LogP contribution in [0.2, 0.25) is 0 Å². The van der Waals surface area contributed by atoms with Crippen LogP contribution in [0.1, 0.15) is 15.4 Å². The number of nitrogens with zero attached hydrogens (tertiary/aromatic N) is 1. The van der Waals surface area contributed by atoms with Crippen LogP contribution in [0.4, 0.5) is 4.39 Å². The van der Waals surface area contributed by atoms with Crippen LogP contribution < -0.4 is 0 Å². The van der Waals surface area contributed by atoms with Crippen molar-refractivity contribution in [3.05, 3.63) is 68.8 Å². The first-order chi connectivity index (χ1) is 11.0. The van der Waals surface area contributed by atoms with Crippen molar-refractivity contribution in [2.24, 2.45) is 0 Å². The van der Waals surface area contributed by atoms with E-state index in [-0.39, 0.29) is 17.5 Å². The highest BCUT2D eigenvalue weighted by atomic mass is 79.9. The van der Waals surface area contributed by atoms with Crippen molar-refractivity contribution < 1.29 is 13.6 Å². The Kier molecular flexibility index (Phi) is 4.63. The van der Waals surface area contributed by atoms with Crippen LogP contribution in [0, 0.1) is 5.82 Å². The molecule has 118 valence electrons. The topological polar surface area (TPSA) is 33.5 Å². The van der Waals surface area contributed by atoms with Crippen LogP contribution in [0.25, 0.3) is 11.3 Å². The molecule has 1 amide bonds. The number of benzene rings is 1. The highest BCUT2D eigenvalue weighted by molar-refractivity contribution is 9.11. The third kappa shape index (κ3) is 3.54. The molecule has 3 nitrogen and oxygen atoms in total. The molecule has 0 spiro atoms. The number of carbonyl (C=O) groups is 1. The monoisotopic (exact) mass is 393 g/mol. The fraction of sp³-hybridized carbons (Fsp3) is 0.118. The summed E-state index contributed by atoms with van der Waals surface area (Å²) >= 11 is 4.98. The van der Waals surface area contributed by atoms with Crippen LogP contribution in [-0.4, -0.2) is 17.9 Å². The van der Waals surface area contributed by atoms with E-state index in [9.17, 15) is 9.18 Å². The average Bonchev–Trinajstić information content (AvgIpc) is 3.16. The largest absolute Gasteiger partial charge is 0.451 e. The Hall–Kier alpha value is -1.92. The van der Waals surface area contributed by atoms with E-state index in [1.165, 1.54) is 6.07 Å². The third-order valence-electron chi connectivity index (χ3n) is 3.32. The Bertz CT molecular complexity index is 842. The van der Waals surface area contributed by atoms with E-state index >= 15 is 0 Å². The maximum atomic E-state index is 13.8. The molecule has 1 aromatic carbocycles. The van der Waals surface area contributed by atoms with Crippen LogP contribution in [0.5, 0.6) is 0 Å². The van der Waals surface area contributed by atoms with E-state index in [1.807, 2.05) is 12.1 Å². The van der Waals surface area contributed by atoms with Gasteiger partial charge in [-0.2, -0.15) is 0 Å². The molecule has 0 aliphatic heterocycles. The number of amides is 1. The standard InChI is InChI=1S/C17H13BrFNO2S/c1-20(10-11-6-9-16(18)23-11)17(21)15-8-7-14(22-15)12-4-2-3-5-13(12)19/h2-9H,10H2,1H3. The lowest BCUT2D eigenvalue weighted by Crippen LogP contribution is -2.25. The summed E-state index contributed by atoms with van der Waals surface area (Å²) in [5, 5.41) is 0. The molecule has 0 saturated heterocycles. The molecular weight excluding hydrogens is 381 g/mol. The molecule has 0 saturated carbocycles. The molecule has 0 N–H and O–H groups in total. The summed E-state index contributed by atoms with van der Waals surface area (Å²) < 4.78 is 20.3. The van der Waals surface area contributed by atoms with Crippen molar-refractivity contribution in [3.8, 4) is 11.3 Å². The average molecular weight is 394 g/mol. The van der Waals surface area contributed by atoms with E-state index in [1.54, 1.807) is 53.6 Å². The summed E-state index contributed by atoms with van der Waals surface area (Å²) in [6.45, 7) is 0.491. The number of carbonyl (C=O) groups excluding carboxylic acids is 1. The first-order valence-corrected chi connectivity index (χ1v) is 8.50. The van der Waals surface area contributed by atoms with Gasteiger partial charge in [0.15, 0.2) is 5.76 Å². The van der Waals surface area contributed by atoms with Gasteiger partial charge in [0.1, 0.15) is 11.6 Å². The number of rotatable bonds is 4. The fourth-order valence-electron chi connectivity index (χ4n) is 2.19. The Morgan fingerprint density at radius 1 is 1.22 bits per heavy atom. The predicted molar refractivity (Wildman–Crippen MR) is 91.9 cm³/mol. The van der Waals surface area contributed by atoms with Crippen molar-refractivity contribution >= 4 is 33.2 Å². The number of hydrogen-bond acceptors (Lipinski definition) is 3. The van der Waals surface area contributed by atoms with Crippen molar-refractivity contribution in [1.29, 1.82) is 0 Å². The number of furan rings is 1. The molecule has 23 heavy (non-hydrogen) atoms. The van der Waals surface area contributed by atoms with Crippen molar-refractivity contribution in [2.75, 3.05) is 7.05 Å². The molecule has 0 unspecified atom stereocenters. The van der Waals surface area contributed by atoms with Gasteiger partial charge in [0, 0.05) is 11.9 Å². The second kappa shape index (κ2) is 6.68. The molecule has 0 aliphatic rings. The van der Waals surface area contributed by atoms with Gasteiger partial charge in [-0.15, -0.1) is 11.3 Å². The van der Waals surface area contributed by atoms with Crippen LogP contribution in [-0.2, 0) is 6.54 Å². The van der Waals surface area contributed by atoms with Gasteiger partial charge >= 0.3 is 0 Å². The zero-order valence-corrected chi connectivity index (χ0v) is 14.7. The Labute approximate surface area is 145 Å². The Morgan fingerprint density at radius 2 is 2.00 bits per heavy atom. The second-order valence-electron chi connectivity index (χ2n) is 5.01. The van der Waals surface area contributed by atoms with Gasteiger partial charge in [0.25, 0.3) is 5.91 Å². The summed E-state index contributed by atoms with van der Waals surface area (Å²) in [4.78, 5) is 15.1. The zero-order valence-electron chi connectivity index (χ0n) is 12.3. The molecule has 2 heterocycles. The third-order valence-corrected chi connectivity index (χ3v) is 4.93. The van der Waals surface area contributed by atoms with Gasteiger partial charge in [-0.05, 0) is 52.3 Å². The molecule has 6 heteroatoms. The minimum atomic E-state index is -0.377. The lowest BCUT2D eigenvalue weighted by atomic mass is 10.1. The van der Waals surface area contributed by atoms with Crippen molar-refractivity contribution in [1.82, 2.24) is 4.90 Å². The highest BCUT2D eigenvalue weighted by Crippen LogP contribution is 2.26. The molecule has 2 aromatic heterocycles. The summed E-state index contributed by atoms with van der Waals surface area (Å²) in [5.74, 6) is -0.0742. The maximum Gasteiger partial charge on any atom is 0.289 e. The van der Waals surface area contributed by atoms with Crippen LogP contribution >= 0.6 is 27.3 Å². The second-order valence-corrected chi connectivity index (χ2v) is 7.56. The summed E-state index contributed by atoms with van der Waals surface area (Å²) in [6.07, 6.45) is 0. The van der Waals surface area contributed by atoms with Gasteiger partial charge in [-0.3, -0.25) is 4.79 Å². The quantitative estimate of drug-likeness (QED) is 0.611.